The van der Waals surface area contributed by atoms with Gasteiger partial charge in [0.05, 0.1) is 5.69 Å². The molecule has 188 valence electrons. The van der Waals surface area contributed by atoms with Crippen LogP contribution in [0.1, 0.15) is 51.6 Å². The number of nitrogens with zero attached hydrogens (tertiary/aromatic N) is 5. The molecular weight excluding hydrogens is 486 g/mol. The number of primary sulfonamides is 1. The lowest BCUT2D eigenvalue weighted by Gasteiger charge is -2.16. The lowest BCUT2D eigenvalue weighted by atomic mass is 10.1. The van der Waals surface area contributed by atoms with Crippen molar-refractivity contribution in [3.05, 3.63) is 11.9 Å². The summed E-state index contributed by atoms with van der Waals surface area (Å²) >= 11 is 0.683. The van der Waals surface area contributed by atoms with Crippen molar-refractivity contribution in [3.63, 3.8) is 0 Å². The number of nitrogens with two attached hydrogens (primary N) is 1. The van der Waals surface area contributed by atoms with E-state index >= 15 is 0 Å². The smallest absolute Gasteiger partial charge is 0.267 e. The van der Waals surface area contributed by atoms with Gasteiger partial charge in [0.2, 0.25) is 27.2 Å². The molecule has 2 aromatic rings. The van der Waals surface area contributed by atoms with Crippen molar-refractivity contribution in [2.24, 2.45) is 5.14 Å². The van der Waals surface area contributed by atoms with E-state index in [1.165, 1.54) is 6.92 Å². The predicted molar refractivity (Wildman–Crippen MR) is 123 cm³/mol. The van der Waals surface area contributed by atoms with Gasteiger partial charge in [-0.3, -0.25) is 19.1 Å². The number of nitrogens with one attached hydrogen (secondary N) is 3. The highest BCUT2D eigenvalue weighted by Crippen LogP contribution is 2.18. The number of rotatable bonds is 14. The molecule has 0 saturated heterocycles. The fourth-order valence-corrected chi connectivity index (χ4v) is 4.33. The summed E-state index contributed by atoms with van der Waals surface area (Å²) in [7, 11) is -3.95. The average molecular weight is 516 g/mol. The highest BCUT2D eigenvalue weighted by Gasteiger charge is 2.18. The van der Waals surface area contributed by atoms with Crippen molar-refractivity contribution < 1.29 is 22.8 Å². The molecule has 0 aliphatic rings. The van der Waals surface area contributed by atoms with Crippen molar-refractivity contribution >= 4 is 44.2 Å². The van der Waals surface area contributed by atoms with Crippen molar-refractivity contribution in [2.75, 3.05) is 11.9 Å². The molecule has 0 radical (unpaired) electrons. The minimum Gasteiger partial charge on any atom is -0.355 e. The molecule has 0 spiro atoms. The Kier molecular flexibility index (Phi) is 10.5. The van der Waals surface area contributed by atoms with Gasteiger partial charge in [-0.2, -0.15) is 0 Å². The minimum absolute atomic E-state index is 0.0629. The number of carbonyl (C=O) groups is 3. The Morgan fingerprint density at radius 3 is 2.59 bits per heavy atom. The molecule has 5 N–H and O–H groups in total. The molecule has 0 fully saturated rings. The molecule has 0 saturated carbocycles. The molecule has 0 bridgehead atoms. The minimum atomic E-state index is -3.95. The van der Waals surface area contributed by atoms with Gasteiger partial charge in [-0.1, -0.05) is 16.6 Å². The zero-order chi connectivity index (χ0) is 25.1. The Hall–Kier alpha value is -2.98. The van der Waals surface area contributed by atoms with E-state index in [-0.39, 0.29) is 33.6 Å². The zero-order valence-electron chi connectivity index (χ0n) is 19.0. The van der Waals surface area contributed by atoms with E-state index in [9.17, 15) is 22.8 Å². The summed E-state index contributed by atoms with van der Waals surface area (Å²) < 4.78 is 23.7. The maximum atomic E-state index is 12.0. The van der Waals surface area contributed by atoms with Gasteiger partial charge in [0.25, 0.3) is 10.0 Å². The van der Waals surface area contributed by atoms with Crippen LogP contribution in [-0.4, -0.2) is 63.9 Å². The summed E-state index contributed by atoms with van der Waals surface area (Å²) in [6, 6.07) is -0.554. The van der Waals surface area contributed by atoms with Gasteiger partial charge in [-0.25, -0.2) is 13.6 Å². The highest BCUT2D eigenvalue weighted by molar-refractivity contribution is 7.91. The van der Waals surface area contributed by atoms with Gasteiger partial charge >= 0.3 is 0 Å². The van der Waals surface area contributed by atoms with Crippen LogP contribution in [0.5, 0.6) is 0 Å². The molecular formula is C18H29N9O5S2. The number of likely N-dealkylation sites (N-methyl/N-ethyl adjacent to an activating group) is 1. The fourth-order valence-electron chi connectivity index (χ4n) is 2.98. The number of unbranched alkanes of at least 4 members (excludes halogenated alkanes) is 1. The van der Waals surface area contributed by atoms with Crippen molar-refractivity contribution in [1.82, 2.24) is 35.8 Å². The first-order valence-electron chi connectivity index (χ1n) is 10.7. The Balaban J connectivity index is 1.69. The van der Waals surface area contributed by atoms with Crippen LogP contribution in [0.25, 0.3) is 0 Å². The topological polar surface area (TPSA) is 204 Å². The Bertz CT molecular complexity index is 1080. The van der Waals surface area contributed by atoms with Crippen LogP contribution in [0.4, 0.5) is 5.13 Å². The lowest BCUT2D eigenvalue weighted by molar-refractivity contribution is -0.128. The van der Waals surface area contributed by atoms with Crippen LogP contribution in [0.2, 0.25) is 0 Å². The standard InChI is InChI=1S/C18H29N9O5S2/c1-3-20-16(30)14(21-12(2)28)8-4-5-10-27-11-13(23-26-27)7-6-9-15(29)22-17-24-25-18(33-17)34(19,31)32/h11,14H,3-10H2,1-2H3,(H,20,30)(H,21,28)(H2,19,31,32)(H,22,24,29). The summed E-state index contributed by atoms with van der Waals surface area (Å²) in [5.74, 6) is -0.770. The van der Waals surface area contributed by atoms with Crippen LogP contribution >= 0.6 is 11.3 Å². The number of sulfonamides is 1. The summed E-state index contributed by atoms with van der Waals surface area (Å²) in [6.45, 7) is 4.31. The maximum Gasteiger partial charge on any atom is 0.267 e. The molecule has 0 aromatic carbocycles. The van der Waals surface area contributed by atoms with Gasteiger partial charge < -0.3 is 16.0 Å². The van der Waals surface area contributed by atoms with E-state index in [0.29, 0.717) is 43.7 Å². The summed E-state index contributed by atoms with van der Waals surface area (Å²) in [5, 5.41) is 28.1. The predicted octanol–water partition coefficient (Wildman–Crippen LogP) is -0.450. The van der Waals surface area contributed by atoms with Gasteiger partial charge in [0.15, 0.2) is 0 Å². The van der Waals surface area contributed by atoms with Gasteiger partial charge in [-0.05, 0) is 39.0 Å². The van der Waals surface area contributed by atoms with Crippen molar-refractivity contribution in [2.45, 2.75) is 69.3 Å². The van der Waals surface area contributed by atoms with E-state index < -0.39 is 16.1 Å². The zero-order valence-corrected chi connectivity index (χ0v) is 20.6. The molecule has 16 heteroatoms. The van der Waals surface area contributed by atoms with E-state index in [2.05, 4.69) is 36.5 Å². The molecule has 2 heterocycles. The monoisotopic (exact) mass is 515 g/mol. The second-order valence-electron chi connectivity index (χ2n) is 7.44. The number of aromatic nitrogens is 5. The maximum absolute atomic E-state index is 12.0. The molecule has 34 heavy (non-hydrogen) atoms. The highest BCUT2D eigenvalue weighted by atomic mass is 32.2. The number of hydrogen-bond donors (Lipinski definition) is 4. The number of anilines is 1. The average Bonchev–Trinajstić information content (AvgIpc) is 3.39. The van der Waals surface area contributed by atoms with Gasteiger partial charge in [0, 0.05) is 32.6 Å². The molecule has 3 amide bonds. The third-order valence-corrected chi connectivity index (χ3v) is 6.64. The van der Waals surface area contributed by atoms with Crippen LogP contribution in [-0.2, 0) is 37.4 Å². The molecule has 2 rings (SSSR count). The largest absolute Gasteiger partial charge is 0.355 e. The van der Waals surface area contributed by atoms with Gasteiger partial charge in [-0.15, -0.1) is 15.3 Å². The second kappa shape index (κ2) is 13.0. The Labute approximate surface area is 201 Å². The fraction of sp³-hybridized carbons (Fsp3) is 0.611. The third-order valence-electron chi connectivity index (χ3n) is 4.49. The lowest BCUT2D eigenvalue weighted by Crippen LogP contribution is -2.45. The number of carbonyl (C=O) groups excluding carboxylic acids is 3. The van der Waals surface area contributed by atoms with Crippen LogP contribution in [0, 0.1) is 0 Å². The van der Waals surface area contributed by atoms with Crippen LogP contribution in [0.3, 0.4) is 0 Å². The van der Waals surface area contributed by atoms with Crippen molar-refractivity contribution in [1.29, 1.82) is 0 Å². The number of hydrogen-bond acceptors (Lipinski definition) is 10. The second-order valence-corrected chi connectivity index (χ2v) is 10.1. The molecule has 1 atom stereocenters. The Morgan fingerprint density at radius 2 is 1.94 bits per heavy atom. The molecule has 1 unspecified atom stereocenters. The first-order valence-corrected chi connectivity index (χ1v) is 13.0. The van der Waals surface area contributed by atoms with Crippen LogP contribution < -0.4 is 21.1 Å². The molecule has 14 nitrogen and oxygen atoms in total. The van der Waals surface area contributed by atoms with E-state index in [0.717, 1.165) is 18.5 Å². The third kappa shape index (κ3) is 9.48. The SMILES string of the molecule is CCNC(=O)C(CCCCn1cc(CCCC(=O)Nc2nnc(S(N)(=O)=O)s2)nn1)NC(C)=O. The summed E-state index contributed by atoms with van der Waals surface area (Å²) in [4.78, 5) is 35.3. The quantitative estimate of drug-likeness (QED) is 0.190. The van der Waals surface area contributed by atoms with E-state index in [1.807, 2.05) is 6.92 Å². The molecule has 0 aliphatic carbocycles. The van der Waals surface area contributed by atoms with E-state index in [4.69, 9.17) is 5.14 Å². The van der Waals surface area contributed by atoms with Gasteiger partial charge in [0.1, 0.15) is 6.04 Å². The number of amides is 3. The normalized spacial score (nSPS) is 12.2. The number of aryl methyl sites for hydroxylation is 2. The first-order chi connectivity index (χ1) is 16.1. The Morgan fingerprint density at radius 1 is 1.18 bits per heavy atom. The van der Waals surface area contributed by atoms with Crippen LogP contribution in [0.15, 0.2) is 10.5 Å². The molecule has 0 aliphatic heterocycles. The van der Waals surface area contributed by atoms with Crippen molar-refractivity contribution in [3.8, 4) is 0 Å². The summed E-state index contributed by atoms with van der Waals surface area (Å²) in [6.07, 6.45) is 5.02. The first kappa shape index (κ1) is 27.3. The summed E-state index contributed by atoms with van der Waals surface area (Å²) in [5.41, 5.74) is 0.735. The van der Waals surface area contributed by atoms with E-state index in [1.54, 1.807) is 10.9 Å². The molecule has 2 aromatic heterocycles.